The maximum Gasteiger partial charge on any atom is 0.0366 e. The standard InChI is InChI=1S/C17H29N3/c1-13-10-16(8-7-15(13)11-14(2)18)20(4)12-17-6-5-9-19(17)3/h7-8,10,14,17H,5-6,9,11-12,18H2,1-4H3. The van der Waals surface area contributed by atoms with E-state index in [0.29, 0.717) is 6.04 Å². The lowest BCUT2D eigenvalue weighted by Gasteiger charge is -2.28. The maximum absolute atomic E-state index is 5.90. The molecule has 2 atom stereocenters. The van der Waals surface area contributed by atoms with E-state index in [2.05, 4.69) is 55.9 Å². The average Bonchev–Trinajstić information content (AvgIpc) is 2.77. The first-order valence-electron chi connectivity index (χ1n) is 7.74. The minimum atomic E-state index is 0.226. The van der Waals surface area contributed by atoms with Gasteiger partial charge in [-0.3, -0.25) is 0 Å². The molecule has 0 aliphatic carbocycles. The van der Waals surface area contributed by atoms with Crippen LogP contribution in [0.4, 0.5) is 5.69 Å². The van der Waals surface area contributed by atoms with Crippen LogP contribution in [0.3, 0.4) is 0 Å². The molecule has 1 fully saturated rings. The van der Waals surface area contributed by atoms with Gasteiger partial charge in [-0.05, 0) is 70.0 Å². The molecule has 0 bridgehead atoms. The van der Waals surface area contributed by atoms with Crippen LogP contribution in [0.2, 0.25) is 0 Å². The van der Waals surface area contributed by atoms with E-state index < -0.39 is 0 Å². The second-order valence-corrected chi connectivity index (χ2v) is 6.45. The van der Waals surface area contributed by atoms with Gasteiger partial charge in [-0.1, -0.05) is 6.07 Å². The van der Waals surface area contributed by atoms with Gasteiger partial charge in [0.2, 0.25) is 0 Å². The first-order chi connectivity index (χ1) is 9.47. The third-order valence-electron chi connectivity index (χ3n) is 4.46. The largest absolute Gasteiger partial charge is 0.373 e. The fourth-order valence-electron chi connectivity index (χ4n) is 3.12. The molecule has 1 aromatic carbocycles. The number of likely N-dealkylation sites (tertiary alicyclic amines) is 1. The van der Waals surface area contributed by atoms with Gasteiger partial charge >= 0.3 is 0 Å². The van der Waals surface area contributed by atoms with E-state index in [9.17, 15) is 0 Å². The van der Waals surface area contributed by atoms with Crippen LogP contribution >= 0.6 is 0 Å². The summed E-state index contributed by atoms with van der Waals surface area (Å²) in [6, 6.07) is 7.70. The predicted octanol–water partition coefficient (Wildman–Crippen LogP) is 2.42. The van der Waals surface area contributed by atoms with Crippen molar-refractivity contribution in [3.8, 4) is 0 Å². The number of rotatable bonds is 5. The Morgan fingerprint density at radius 2 is 2.20 bits per heavy atom. The fourth-order valence-corrected chi connectivity index (χ4v) is 3.12. The number of hydrogen-bond donors (Lipinski definition) is 1. The van der Waals surface area contributed by atoms with Crippen LogP contribution in [0, 0.1) is 6.92 Å². The lowest BCUT2D eigenvalue weighted by Crippen LogP contribution is -2.36. The van der Waals surface area contributed by atoms with Gasteiger partial charge in [0.15, 0.2) is 0 Å². The summed E-state index contributed by atoms with van der Waals surface area (Å²) >= 11 is 0. The van der Waals surface area contributed by atoms with Crippen molar-refractivity contribution in [3.05, 3.63) is 29.3 Å². The molecule has 112 valence electrons. The maximum atomic E-state index is 5.90. The highest BCUT2D eigenvalue weighted by Gasteiger charge is 2.22. The van der Waals surface area contributed by atoms with Crippen LogP contribution in [0.1, 0.15) is 30.9 Å². The van der Waals surface area contributed by atoms with Crippen LogP contribution in [0.5, 0.6) is 0 Å². The Kier molecular flexibility index (Phi) is 5.06. The summed E-state index contributed by atoms with van der Waals surface area (Å²) in [4.78, 5) is 4.86. The van der Waals surface area contributed by atoms with Crippen LogP contribution in [0.25, 0.3) is 0 Å². The Balaban J connectivity index is 2.03. The van der Waals surface area contributed by atoms with E-state index in [1.807, 2.05) is 0 Å². The number of likely N-dealkylation sites (N-methyl/N-ethyl adjacent to an activating group) is 2. The average molecular weight is 275 g/mol. The molecule has 2 rings (SSSR count). The molecule has 1 heterocycles. The molecule has 3 heteroatoms. The summed E-state index contributed by atoms with van der Waals surface area (Å²) in [6.07, 6.45) is 3.62. The number of nitrogens with zero attached hydrogens (tertiary/aromatic N) is 2. The lowest BCUT2D eigenvalue weighted by atomic mass is 10.0. The molecular formula is C17H29N3. The van der Waals surface area contributed by atoms with Gasteiger partial charge in [0, 0.05) is 31.4 Å². The molecule has 2 N–H and O–H groups in total. The van der Waals surface area contributed by atoms with E-state index in [-0.39, 0.29) is 6.04 Å². The fraction of sp³-hybridized carbons (Fsp3) is 0.647. The zero-order chi connectivity index (χ0) is 14.7. The molecule has 1 aliphatic heterocycles. The Morgan fingerprint density at radius 1 is 1.45 bits per heavy atom. The van der Waals surface area contributed by atoms with Crippen molar-refractivity contribution in [1.82, 2.24) is 4.90 Å². The number of aryl methyl sites for hydroxylation is 1. The van der Waals surface area contributed by atoms with E-state index in [1.54, 1.807) is 0 Å². The van der Waals surface area contributed by atoms with Gasteiger partial charge in [-0.15, -0.1) is 0 Å². The Hall–Kier alpha value is -1.06. The van der Waals surface area contributed by atoms with E-state index >= 15 is 0 Å². The zero-order valence-corrected chi connectivity index (χ0v) is 13.4. The summed E-state index contributed by atoms with van der Waals surface area (Å²) in [5, 5.41) is 0. The van der Waals surface area contributed by atoms with Gasteiger partial charge in [-0.2, -0.15) is 0 Å². The van der Waals surface area contributed by atoms with Gasteiger partial charge in [0.25, 0.3) is 0 Å². The molecule has 0 amide bonds. The molecule has 1 saturated heterocycles. The monoisotopic (exact) mass is 275 g/mol. The molecule has 1 aliphatic rings. The second-order valence-electron chi connectivity index (χ2n) is 6.45. The SMILES string of the molecule is Cc1cc(N(C)CC2CCCN2C)ccc1CC(C)N. The molecule has 2 unspecified atom stereocenters. The minimum Gasteiger partial charge on any atom is -0.373 e. The van der Waals surface area contributed by atoms with E-state index in [1.165, 1.54) is 36.2 Å². The molecular weight excluding hydrogens is 246 g/mol. The summed E-state index contributed by atoms with van der Waals surface area (Å²) < 4.78 is 0. The van der Waals surface area contributed by atoms with Crippen molar-refractivity contribution in [3.63, 3.8) is 0 Å². The summed E-state index contributed by atoms with van der Waals surface area (Å²) in [6.45, 7) is 6.61. The van der Waals surface area contributed by atoms with Gasteiger partial charge in [-0.25, -0.2) is 0 Å². The van der Waals surface area contributed by atoms with Crippen LogP contribution in [-0.2, 0) is 6.42 Å². The van der Waals surface area contributed by atoms with E-state index in [0.717, 1.165) is 13.0 Å². The highest BCUT2D eigenvalue weighted by atomic mass is 15.2. The Morgan fingerprint density at radius 3 is 2.75 bits per heavy atom. The summed E-state index contributed by atoms with van der Waals surface area (Å²) in [5.74, 6) is 0. The molecule has 0 radical (unpaired) electrons. The second kappa shape index (κ2) is 6.59. The lowest BCUT2D eigenvalue weighted by molar-refractivity contribution is 0.314. The molecule has 20 heavy (non-hydrogen) atoms. The molecule has 0 aromatic heterocycles. The zero-order valence-electron chi connectivity index (χ0n) is 13.4. The topological polar surface area (TPSA) is 32.5 Å². The third-order valence-corrected chi connectivity index (χ3v) is 4.46. The Bertz CT molecular complexity index is 442. The van der Waals surface area contributed by atoms with Crippen molar-refractivity contribution < 1.29 is 0 Å². The quantitative estimate of drug-likeness (QED) is 0.896. The third kappa shape index (κ3) is 3.74. The van der Waals surface area contributed by atoms with Crippen molar-refractivity contribution in [2.24, 2.45) is 5.73 Å². The van der Waals surface area contributed by atoms with E-state index in [4.69, 9.17) is 5.73 Å². The summed E-state index contributed by atoms with van der Waals surface area (Å²) in [5.41, 5.74) is 9.94. The minimum absolute atomic E-state index is 0.226. The molecule has 0 spiro atoms. The summed E-state index contributed by atoms with van der Waals surface area (Å²) in [7, 11) is 4.44. The van der Waals surface area contributed by atoms with Crippen molar-refractivity contribution in [2.75, 3.05) is 32.1 Å². The van der Waals surface area contributed by atoms with Gasteiger partial charge in [0.1, 0.15) is 0 Å². The van der Waals surface area contributed by atoms with Crippen LogP contribution < -0.4 is 10.6 Å². The highest BCUT2D eigenvalue weighted by Crippen LogP contribution is 2.22. The normalized spacial score (nSPS) is 21.1. The number of anilines is 1. The van der Waals surface area contributed by atoms with Crippen molar-refractivity contribution in [2.45, 2.75) is 45.2 Å². The predicted molar refractivity (Wildman–Crippen MR) is 87.5 cm³/mol. The number of nitrogens with two attached hydrogens (primary N) is 1. The first-order valence-corrected chi connectivity index (χ1v) is 7.74. The van der Waals surface area contributed by atoms with Gasteiger partial charge in [0.05, 0.1) is 0 Å². The smallest absolute Gasteiger partial charge is 0.0366 e. The first kappa shape index (κ1) is 15.3. The Labute approximate surface area is 123 Å². The van der Waals surface area contributed by atoms with Crippen molar-refractivity contribution >= 4 is 5.69 Å². The highest BCUT2D eigenvalue weighted by molar-refractivity contribution is 5.50. The number of benzene rings is 1. The molecule has 3 nitrogen and oxygen atoms in total. The van der Waals surface area contributed by atoms with Crippen LogP contribution in [-0.4, -0.2) is 44.2 Å². The molecule has 0 saturated carbocycles. The number of hydrogen-bond acceptors (Lipinski definition) is 3. The van der Waals surface area contributed by atoms with Gasteiger partial charge < -0.3 is 15.5 Å². The molecule has 1 aromatic rings. The van der Waals surface area contributed by atoms with Crippen LogP contribution in [0.15, 0.2) is 18.2 Å². The van der Waals surface area contributed by atoms with Crippen molar-refractivity contribution in [1.29, 1.82) is 0 Å².